The number of carbonyl (C=O) groups excluding carboxylic acids is 1. The molecule has 1 amide bonds. The largest absolute Gasteiger partial charge is 0.286 e. The van der Waals surface area contributed by atoms with E-state index < -0.39 is 0 Å². The van der Waals surface area contributed by atoms with Gasteiger partial charge in [-0.2, -0.15) is 0 Å². The number of hydrogen-bond acceptors (Lipinski definition) is 3. The lowest BCUT2D eigenvalue weighted by molar-refractivity contribution is 0.0861. The Hall–Kier alpha value is -1.49. The first kappa shape index (κ1) is 17.3. The molecule has 2 aromatic carbocycles. The number of carbonyl (C=O) groups is 1. The molecule has 0 radical (unpaired) electrons. The number of amides is 1. The maximum atomic E-state index is 12.8. The molecule has 1 aliphatic rings. The molecule has 24 heavy (non-hydrogen) atoms. The summed E-state index contributed by atoms with van der Waals surface area (Å²) in [6.45, 7) is 3.24. The van der Waals surface area contributed by atoms with Gasteiger partial charge in [0.25, 0.3) is 5.91 Å². The third-order valence-corrected chi connectivity index (χ3v) is 5.34. The zero-order chi connectivity index (χ0) is 17.1. The summed E-state index contributed by atoms with van der Waals surface area (Å²) < 4.78 is 0. The summed E-state index contributed by atoms with van der Waals surface area (Å²) in [5, 5.41) is 1.63. The Morgan fingerprint density at radius 2 is 1.96 bits per heavy atom. The van der Waals surface area contributed by atoms with Gasteiger partial charge in [-0.3, -0.25) is 14.7 Å². The monoisotopic (exact) mass is 378 g/mol. The minimum atomic E-state index is -0.157. The summed E-state index contributed by atoms with van der Waals surface area (Å²) in [6, 6.07) is 13.3. The van der Waals surface area contributed by atoms with Gasteiger partial charge in [0, 0.05) is 17.3 Å². The fraction of sp³-hybridized carbons (Fsp3) is 0.222. The fourth-order valence-electron chi connectivity index (χ4n) is 2.38. The Balaban J connectivity index is 1.71. The van der Waals surface area contributed by atoms with Gasteiger partial charge >= 0.3 is 0 Å². The molecule has 2 aromatic rings. The van der Waals surface area contributed by atoms with Crippen LogP contribution < -0.4 is 0 Å². The molecule has 0 fully saturated rings. The van der Waals surface area contributed by atoms with Crippen LogP contribution in [0.1, 0.15) is 21.5 Å². The van der Waals surface area contributed by atoms with Gasteiger partial charge in [-0.25, -0.2) is 0 Å². The SMILES string of the molecule is Cc1ccc(CSC2=NCCN2C(=O)c2cc(Cl)ccc2Cl)cc1. The molecule has 3 nitrogen and oxygen atoms in total. The quantitative estimate of drug-likeness (QED) is 0.748. The van der Waals surface area contributed by atoms with Crippen molar-refractivity contribution in [2.75, 3.05) is 13.1 Å². The Bertz CT molecular complexity index is 790. The first-order chi connectivity index (χ1) is 11.5. The summed E-state index contributed by atoms with van der Waals surface area (Å²) in [6.07, 6.45) is 0. The summed E-state index contributed by atoms with van der Waals surface area (Å²) in [4.78, 5) is 18.9. The number of rotatable bonds is 3. The number of nitrogens with zero attached hydrogens (tertiary/aromatic N) is 2. The van der Waals surface area contributed by atoms with Crippen molar-refractivity contribution in [3.05, 3.63) is 69.2 Å². The van der Waals surface area contributed by atoms with Crippen LogP contribution in [-0.4, -0.2) is 29.1 Å². The minimum Gasteiger partial charge on any atom is -0.286 e. The van der Waals surface area contributed by atoms with E-state index >= 15 is 0 Å². The zero-order valence-corrected chi connectivity index (χ0v) is 15.5. The predicted molar refractivity (Wildman–Crippen MR) is 102 cm³/mol. The molecule has 0 atom stereocenters. The van der Waals surface area contributed by atoms with E-state index in [2.05, 4.69) is 36.2 Å². The van der Waals surface area contributed by atoms with Crippen LogP contribution in [0.5, 0.6) is 0 Å². The van der Waals surface area contributed by atoms with E-state index in [0.29, 0.717) is 28.7 Å². The molecule has 0 aliphatic carbocycles. The molecule has 0 aromatic heterocycles. The zero-order valence-electron chi connectivity index (χ0n) is 13.1. The summed E-state index contributed by atoms with van der Waals surface area (Å²) >= 11 is 13.7. The van der Waals surface area contributed by atoms with Crippen LogP contribution in [0.2, 0.25) is 10.0 Å². The molecule has 0 N–H and O–H groups in total. The molecular weight excluding hydrogens is 363 g/mol. The van der Waals surface area contributed by atoms with E-state index in [4.69, 9.17) is 23.2 Å². The van der Waals surface area contributed by atoms with Gasteiger partial charge in [-0.05, 0) is 30.7 Å². The number of benzene rings is 2. The maximum Gasteiger partial charge on any atom is 0.261 e. The maximum absolute atomic E-state index is 12.8. The van der Waals surface area contributed by atoms with Crippen LogP contribution in [0.4, 0.5) is 0 Å². The van der Waals surface area contributed by atoms with Crippen LogP contribution >= 0.6 is 35.0 Å². The lowest BCUT2D eigenvalue weighted by Crippen LogP contribution is -2.33. The number of hydrogen-bond donors (Lipinski definition) is 0. The van der Waals surface area contributed by atoms with Crippen molar-refractivity contribution in [3.63, 3.8) is 0 Å². The van der Waals surface area contributed by atoms with E-state index in [-0.39, 0.29) is 5.91 Å². The average Bonchev–Trinajstić information content (AvgIpc) is 3.04. The number of amidine groups is 1. The Kier molecular flexibility index (Phi) is 5.49. The molecule has 0 saturated heterocycles. The molecule has 0 unspecified atom stereocenters. The molecule has 0 spiro atoms. The lowest BCUT2D eigenvalue weighted by Gasteiger charge is -2.18. The van der Waals surface area contributed by atoms with E-state index in [1.165, 1.54) is 11.1 Å². The number of aryl methyl sites for hydroxylation is 1. The van der Waals surface area contributed by atoms with Gasteiger partial charge in [0.1, 0.15) is 0 Å². The smallest absolute Gasteiger partial charge is 0.261 e. The molecule has 3 rings (SSSR count). The van der Waals surface area contributed by atoms with Gasteiger partial charge in [-0.15, -0.1) is 0 Å². The van der Waals surface area contributed by atoms with E-state index in [0.717, 1.165) is 10.9 Å². The van der Waals surface area contributed by atoms with Crippen molar-refractivity contribution in [1.82, 2.24) is 4.90 Å². The van der Waals surface area contributed by atoms with Crippen LogP contribution in [0.3, 0.4) is 0 Å². The van der Waals surface area contributed by atoms with E-state index in [1.54, 1.807) is 34.9 Å². The van der Waals surface area contributed by atoms with Gasteiger partial charge in [0.05, 0.1) is 17.1 Å². The molecule has 124 valence electrons. The molecule has 6 heteroatoms. The van der Waals surface area contributed by atoms with Crippen molar-refractivity contribution in [3.8, 4) is 0 Å². The second-order valence-corrected chi connectivity index (χ2v) is 7.31. The lowest BCUT2D eigenvalue weighted by atomic mass is 10.2. The molecule has 1 heterocycles. The van der Waals surface area contributed by atoms with Crippen LogP contribution in [0.15, 0.2) is 47.5 Å². The highest BCUT2D eigenvalue weighted by atomic mass is 35.5. The average molecular weight is 379 g/mol. The van der Waals surface area contributed by atoms with Gasteiger partial charge in [-0.1, -0.05) is 64.8 Å². The van der Waals surface area contributed by atoms with Crippen molar-refractivity contribution < 1.29 is 4.79 Å². The van der Waals surface area contributed by atoms with Crippen LogP contribution in [0.25, 0.3) is 0 Å². The van der Waals surface area contributed by atoms with Gasteiger partial charge < -0.3 is 0 Å². The summed E-state index contributed by atoms with van der Waals surface area (Å²) in [7, 11) is 0. The third kappa shape index (κ3) is 3.94. The van der Waals surface area contributed by atoms with Crippen LogP contribution in [0, 0.1) is 6.92 Å². The van der Waals surface area contributed by atoms with Gasteiger partial charge in [0.2, 0.25) is 0 Å². The van der Waals surface area contributed by atoms with E-state index in [9.17, 15) is 4.79 Å². The van der Waals surface area contributed by atoms with Crippen molar-refractivity contribution in [2.45, 2.75) is 12.7 Å². The highest BCUT2D eigenvalue weighted by Gasteiger charge is 2.26. The molecule has 0 saturated carbocycles. The van der Waals surface area contributed by atoms with E-state index in [1.807, 2.05) is 0 Å². The van der Waals surface area contributed by atoms with Crippen LogP contribution in [-0.2, 0) is 5.75 Å². The topological polar surface area (TPSA) is 32.7 Å². The van der Waals surface area contributed by atoms with Gasteiger partial charge in [0.15, 0.2) is 5.17 Å². The summed E-state index contributed by atoms with van der Waals surface area (Å²) in [5.41, 5.74) is 2.84. The number of aliphatic imine (C=N–C) groups is 1. The van der Waals surface area contributed by atoms with Crippen molar-refractivity contribution >= 4 is 46.0 Å². The predicted octanol–water partition coefficient (Wildman–Crippen LogP) is 5.05. The third-order valence-electron chi connectivity index (χ3n) is 3.69. The summed E-state index contributed by atoms with van der Waals surface area (Å²) in [5.74, 6) is 0.613. The normalized spacial score (nSPS) is 14.0. The minimum absolute atomic E-state index is 0.157. The van der Waals surface area contributed by atoms with Crippen molar-refractivity contribution in [1.29, 1.82) is 0 Å². The second kappa shape index (κ2) is 7.60. The number of halogens is 2. The molecule has 1 aliphatic heterocycles. The highest BCUT2D eigenvalue weighted by Crippen LogP contribution is 2.26. The van der Waals surface area contributed by atoms with Crippen molar-refractivity contribution in [2.24, 2.45) is 4.99 Å². The first-order valence-electron chi connectivity index (χ1n) is 7.54. The number of thioether (sulfide) groups is 1. The second-order valence-electron chi connectivity index (χ2n) is 5.52. The molecule has 0 bridgehead atoms. The standard InChI is InChI=1S/C18H16Cl2N2OS/c1-12-2-4-13(5-3-12)11-24-18-21-8-9-22(18)17(23)15-10-14(19)6-7-16(15)20/h2-7,10H,8-9,11H2,1H3. The molecular formula is C18H16Cl2N2OS. The fourth-order valence-corrected chi connectivity index (χ4v) is 3.75. The Morgan fingerprint density at radius 3 is 2.71 bits per heavy atom. The Morgan fingerprint density at radius 1 is 1.21 bits per heavy atom. The highest BCUT2D eigenvalue weighted by molar-refractivity contribution is 8.13. The Labute approximate surface area is 155 Å². The first-order valence-corrected chi connectivity index (χ1v) is 9.28.